The Bertz CT molecular complexity index is 267. The number of likely N-dealkylation sites (N-methyl/N-ethyl adjacent to an activating group) is 2. The fraction of sp³-hybridized carbons (Fsp3) is 1.00. The van der Waals surface area contributed by atoms with Crippen LogP contribution in [0.25, 0.3) is 0 Å². The Labute approximate surface area is 153 Å². The summed E-state index contributed by atoms with van der Waals surface area (Å²) in [5.74, 6) is 0. The molecule has 0 saturated heterocycles. The molecule has 1 radical (unpaired) electrons. The van der Waals surface area contributed by atoms with Gasteiger partial charge in [-0.05, 0) is 67.5 Å². The highest BCUT2D eigenvalue weighted by molar-refractivity contribution is 4.72. The lowest BCUT2D eigenvalue weighted by molar-refractivity contribution is 0.0473. The maximum atomic E-state index is 2.62. The SMILES string of the molecule is CCCN(CCC)CCN(CC)[N+](CC)CCN(C(C)C)C(C)C. The van der Waals surface area contributed by atoms with E-state index in [1.54, 1.807) is 0 Å². The minimum Gasteiger partial charge on any atom is -0.302 e. The monoisotopic (exact) mass is 342 g/mol. The van der Waals surface area contributed by atoms with Gasteiger partial charge in [0.05, 0.1) is 19.6 Å². The van der Waals surface area contributed by atoms with Crippen molar-refractivity contribution in [3.63, 3.8) is 0 Å². The van der Waals surface area contributed by atoms with Crippen LogP contribution in [0.1, 0.15) is 68.2 Å². The second-order valence-electron chi connectivity index (χ2n) is 7.36. The van der Waals surface area contributed by atoms with E-state index in [1.807, 2.05) is 0 Å². The van der Waals surface area contributed by atoms with Crippen molar-refractivity contribution < 1.29 is 0 Å². The summed E-state index contributed by atoms with van der Waals surface area (Å²) in [6.45, 7) is 27.6. The molecule has 0 aromatic heterocycles. The highest BCUT2D eigenvalue weighted by atomic mass is 15.6. The van der Waals surface area contributed by atoms with Crippen molar-refractivity contribution in [3.05, 3.63) is 0 Å². The average Bonchev–Trinajstić information content (AvgIpc) is 2.53. The molecule has 0 aliphatic carbocycles. The van der Waals surface area contributed by atoms with Crippen molar-refractivity contribution in [2.75, 3.05) is 52.4 Å². The standard InChI is InChI=1S/C20H46N4/c1-9-13-21(14-10-2)15-16-22(11-3)23(12-4)17-18-24(19(5)6)20(7)8/h19-20H,9-18H2,1-8H3/q+1. The van der Waals surface area contributed by atoms with Crippen LogP contribution in [0.2, 0.25) is 0 Å². The molecule has 0 aliphatic heterocycles. The van der Waals surface area contributed by atoms with E-state index in [1.165, 1.54) is 32.5 Å². The van der Waals surface area contributed by atoms with Gasteiger partial charge in [-0.2, -0.15) is 0 Å². The quantitative estimate of drug-likeness (QED) is 0.334. The average molecular weight is 343 g/mol. The first-order valence-corrected chi connectivity index (χ1v) is 10.4. The van der Waals surface area contributed by atoms with Crippen LogP contribution >= 0.6 is 0 Å². The second kappa shape index (κ2) is 14.1. The van der Waals surface area contributed by atoms with Gasteiger partial charge in [0, 0.05) is 18.6 Å². The number of hydrogen-bond acceptors (Lipinski definition) is 4. The van der Waals surface area contributed by atoms with Crippen molar-refractivity contribution in [1.29, 1.82) is 0 Å². The van der Waals surface area contributed by atoms with E-state index in [9.17, 15) is 0 Å². The van der Waals surface area contributed by atoms with E-state index in [2.05, 4.69) is 75.2 Å². The first-order valence-electron chi connectivity index (χ1n) is 10.4. The molecule has 0 aromatic rings. The van der Waals surface area contributed by atoms with Crippen LogP contribution in [0.15, 0.2) is 0 Å². The molecular weight excluding hydrogens is 296 g/mol. The Kier molecular flexibility index (Phi) is 14.0. The molecule has 0 saturated carbocycles. The van der Waals surface area contributed by atoms with E-state index >= 15 is 0 Å². The molecule has 4 nitrogen and oxygen atoms in total. The molecule has 0 aliphatic rings. The highest BCUT2D eigenvalue weighted by Crippen LogP contribution is 2.06. The lowest BCUT2D eigenvalue weighted by Crippen LogP contribution is -2.54. The normalized spacial score (nSPS) is 12.8. The van der Waals surface area contributed by atoms with Gasteiger partial charge in [-0.1, -0.05) is 18.9 Å². The molecule has 0 atom stereocenters. The van der Waals surface area contributed by atoms with E-state index in [0.717, 1.165) is 32.7 Å². The number of nitrogens with zero attached hydrogens (tertiary/aromatic N) is 4. The summed E-state index contributed by atoms with van der Waals surface area (Å²) in [6.07, 6.45) is 2.50. The largest absolute Gasteiger partial charge is 0.302 e. The minimum atomic E-state index is 0.614. The maximum Gasteiger partial charge on any atom is 0.157 e. The molecule has 0 N–H and O–H groups in total. The first kappa shape index (κ1) is 23.8. The molecule has 0 fully saturated rings. The minimum absolute atomic E-state index is 0.614. The smallest absolute Gasteiger partial charge is 0.157 e. The van der Waals surface area contributed by atoms with Gasteiger partial charge in [-0.15, -0.1) is 5.01 Å². The molecule has 0 spiro atoms. The summed E-state index contributed by atoms with van der Waals surface area (Å²) >= 11 is 0. The van der Waals surface area contributed by atoms with E-state index < -0.39 is 0 Å². The molecule has 4 heteroatoms. The lowest BCUT2D eigenvalue weighted by Gasteiger charge is -2.32. The van der Waals surface area contributed by atoms with Crippen LogP contribution < -0.4 is 5.01 Å². The molecule has 0 amide bonds. The van der Waals surface area contributed by atoms with Crippen molar-refractivity contribution in [2.24, 2.45) is 0 Å². The van der Waals surface area contributed by atoms with Crippen LogP contribution in [0.4, 0.5) is 0 Å². The molecule has 0 heterocycles. The van der Waals surface area contributed by atoms with Gasteiger partial charge in [-0.25, -0.2) is 0 Å². The van der Waals surface area contributed by atoms with Crippen LogP contribution in [-0.4, -0.2) is 79.3 Å². The van der Waals surface area contributed by atoms with E-state index in [-0.39, 0.29) is 0 Å². The number of hydrazine groups is 1. The molecule has 145 valence electrons. The Hall–Kier alpha value is -0.160. The zero-order valence-electron chi connectivity index (χ0n) is 18.0. The summed E-state index contributed by atoms with van der Waals surface area (Å²) in [5, 5.41) is 5.10. The van der Waals surface area contributed by atoms with Gasteiger partial charge in [0.1, 0.15) is 6.54 Å². The van der Waals surface area contributed by atoms with Crippen molar-refractivity contribution >= 4 is 0 Å². The summed E-state index contributed by atoms with van der Waals surface area (Å²) in [7, 11) is 0. The Morgan fingerprint density at radius 3 is 1.62 bits per heavy atom. The third-order valence-electron chi connectivity index (χ3n) is 4.83. The summed E-state index contributed by atoms with van der Waals surface area (Å²) in [5.41, 5.74) is 0. The van der Waals surface area contributed by atoms with Crippen molar-refractivity contribution in [3.8, 4) is 0 Å². The van der Waals surface area contributed by atoms with E-state index in [0.29, 0.717) is 12.1 Å². The summed E-state index contributed by atoms with van der Waals surface area (Å²) in [6, 6.07) is 1.23. The van der Waals surface area contributed by atoms with Crippen LogP contribution in [0.3, 0.4) is 0 Å². The lowest BCUT2D eigenvalue weighted by atomic mass is 10.2. The van der Waals surface area contributed by atoms with Gasteiger partial charge in [0.15, 0.2) is 6.54 Å². The van der Waals surface area contributed by atoms with Crippen LogP contribution in [0.5, 0.6) is 0 Å². The zero-order chi connectivity index (χ0) is 18.5. The molecule has 0 rings (SSSR count). The van der Waals surface area contributed by atoms with Gasteiger partial charge < -0.3 is 4.90 Å². The third-order valence-corrected chi connectivity index (χ3v) is 4.83. The van der Waals surface area contributed by atoms with Gasteiger partial charge >= 0.3 is 0 Å². The third kappa shape index (κ3) is 9.36. The fourth-order valence-electron chi connectivity index (χ4n) is 3.57. The first-order chi connectivity index (χ1) is 11.4. The Morgan fingerprint density at radius 2 is 1.25 bits per heavy atom. The topological polar surface area (TPSA) is 15.6 Å². The summed E-state index contributed by atoms with van der Waals surface area (Å²) < 4.78 is 0. The van der Waals surface area contributed by atoms with Crippen molar-refractivity contribution in [2.45, 2.75) is 80.3 Å². The van der Waals surface area contributed by atoms with Gasteiger partial charge in [0.2, 0.25) is 0 Å². The molecule has 0 aromatic carbocycles. The van der Waals surface area contributed by atoms with Crippen LogP contribution in [0, 0.1) is 0 Å². The van der Waals surface area contributed by atoms with Crippen molar-refractivity contribution in [1.82, 2.24) is 19.8 Å². The Morgan fingerprint density at radius 1 is 0.708 bits per heavy atom. The summed E-state index contributed by atoms with van der Waals surface area (Å²) in [4.78, 5) is 5.21. The molecule has 0 bridgehead atoms. The predicted octanol–water partition coefficient (Wildman–Crippen LogP) is 3.62. The van der Waals surface area contributed by atoms with Crippen LogP contribution in [-0.2, 0) is 0 Å². The maximum absolute atomic E-state index is 2.62. The fourth-order valence-corrected chi connectivity index (χ4v) is 3.57. The highest BCUT2D eigenvalue weighted by Gasteiger charge is 2.25. The zero-order valence-corrected chi connectivity index (χ0v) is 18.0. The molecular formula is C20H46N4+. The second-order valence-corrected chi connectivity index (χ2v) is 7.36. The number of rotatable bonds is 15. The molecule has 0 unspecified atom stereocenters. The molecule has 24 heavy (non-hydrogen) atoms. The van der Waals surface area contributed by atoms with E-state index in [4.69, 9.17) is 0 Å². The Balaban J connectivity index is 4.56. The van der Waals surface area contributed by atoms with Gasteiger partial charge in [-0.3, -0.25) is 4.90 Å². The predicted molar refractivity (Wildman–Crippen MR) is 109 cm³/mol. The number of hydrogen-bond donors (Lipinski definition) is 0. The van der Waals surface area contributed by atoms with Gasteiger partial charge in [0.25, 0.3) is 0 Å².